The fourth-order valence-electron chi connectivity index (χ4n) is 8.12. The van der Waals surface area contributed by atoms with Crippen molar-refractivity contribution in [3.8, 4) is 0 Å². The minimum atomic E-state index is -0.325. The van der Waals surface area contributed by atoms with E-state index >= 15 is 0 Å². The highest BCUT2D eigenvalue weighted by Crippen LogP contribution is 2.46. The average Bonchev–Trinajstić information content (AvgIpc) is 3.90. The topological polar surface area (TPSA) is 49.4 Å². The molecule has 2 saturated heterocycles. The minimum absolute atomic E-state index is 0. The van der Waals surface area contributed by atoms with Crippen molar-refractivity contribution >= 4 is 395 Å². The summed E-state index contributed by atoms with van der Waals surface area (Å²) in [7, 11) is 67.4. The van der Waals surface area contributed by atoms with Gasteiger partial charge >= 0.3 is 0 Å². The molecule has 48 heteroatoms. The molecule has 0 bridgehead atoms. The number of rotatable bonds is 9. The van der Waals surface area contributed by atoms with Gasteiger partial charge in [-0.25, -0.2) is 8.78 Å². The Labute approximate surface area is 634 Å². The van der Waals surface area contributed by atoms with E-state index in [4.69, 9.17) is 34.0 Å². The molecule has 4 aliphatic rings. The second kappa shape index (κ2) is 64.1. The van der Waals surface area contributed by atoms with Crippen LogP contribution in [0.3, 0.4) is 0 Å². The number of Topliss-reactive ketones (excluding diaryl/α,β-unsaturated/α-hetero) is 2. The van der Waals surface area contributed by atoms with Crippen LogP contribution in [0.15, 0.2) is 48.5 Å². The van der Waals surface area contributed by atoms with Crippen molar-refractivity contribution in [2.75, 3.05) is 38.6 Å². The van der Waals surface area contributed by atoms with Crippen LogP contribution in [-0.4, -0.2) is 55.1 Å². The Bertz CT molecular complexity index is 4170. The molecule has 6 rings (SSSR count). The third-order valence-corrected chi connectivity index (χ3v) is 94.2. The summed E-state index contributed by atoms with van der Waals surface area (Å²) >= 11 is 15.1. The Morgan fingerprint density at radius 2 is 0.663 bits per heavy atom. The van der Waals surface area contributed by atoms with Gasteiger partial charge in [0.25, 0.3) is 0 Å². The number of piperidine rings is 2. The molecule has 86 heavy (non-hydrogen) atoms. The van der Waals surface area contributed by atoms with Crippen LogP contribution in [0.2, 0.25) is 0 Å². The number of benzene rings is 2. The van der Waals surface area contributed by atoms with Crippen LogP contribution in [0, 0.1) is 22.5 Å². The predicted octanol–water partition coefficient (Wildman–Crippen LogP) is 9.73. The van der Waals surface area contributed by atoms with Gasteiger partial charge in [-0.15, -0.1) is 24.0 Å². The van der Waals surface area contributed by atoms with Crippen LogP contribution in [-0.2, 0) is 360 Å². The summed E-state index contributed by atoms with van der Waals surface area (Å²) in [5.74, 6) is 0.0111. The van der Waals surface area contributed by atoms with Gasteiger partial charge in [0.2, 0.25) is 0 Å². The van der Waals surface area contributed by atoms with E-state index in [9.17, 15) is 18.4 Å². The number of carbonyl (C=O) groups excluding carboxylic acids is 2. The zero-order valence-corrected chi connectivity index (χ0v) is 78.0. The van der Waals surface area contributed by atoms with Gasteiger partial charge in [-0.05, 0) is 156 Å². The molecule has 0 radical (unpaired) electrons. The number of likely N-dealkylation sites (tertiary alicyclic amines) is 1. The molecule has 4 nitrogen and oxygen atoms in total. The average molecular weight is 1960 g/mol. The van der Waals surface area contributed by atoms with E-state index in [1.165, 1.54) is 157 Å². The highest BCUT2D eigenvalue weighted by Gasteiger charge is 2.37. The molecule has 496 valence electrons. The van der Waals surface area contributed by atoms with Crippen molar-refractivity contribution in [1.29, 1.82) is 0 Å². The van der Waals surface area contributed by atoms with Crippen LogP contribution in [0.25, 0.3) is 0 Å². The molecular formula is C38H54Cl2F2N2O2S40. The first-order valence-electron chi connectivity index (χ1n) is 23.9. The molecular weight excluding hydrogens is 1910 g/mol. The SMILES string of the molecule is C1CCC2(C1)CCNCC2.Cl.O=C(CCCCl)c1ccc(F)cc1.O=C(CCCN1CCC2(CCCC2)CC1)c1ccc(F)cc1.S=S=S=S=S=S=S=S=S=S=S=S=S=S=S=S=S=S=S=S=S=S=S=S=S=S=S=S=S=S=S=S=S=S=S=S=S=S=S=S. The summed E-state index contributed by atoms with van der Waals surface area (Å²) in [6.45, 7) is 5.97. The molecule has 2 aromatic carbocycles. The van der Waals surface area contributed by atoms with E-state index in [1.807, 2.05) is 213 Å². The summed E-state index contributed by atoms with van der Waals surface area (Å²) in [5, 5.41) is 3.44. The number of carbonyl (C=O) groups is 2. The third kappa shape index (κ3) is 49.5. The van der Waals surface area contributed by atoms with Crippen molar-refractivity contribution in [3.05, 3.63) is 71.3 Å². The second-order valence-corrected chi connectivity index (χ2v) is 84.0. The smallest absolute Gasteiger partial charge is 0.162 e. The Balaban J connectivity index is 0.000000448. The number of hydrogen-bond acceptors (Lipinski definition) is 6. The maximum atomic E-state index is 12.9. The van der Waals surface area contributed by atoms with Crippen molar-refractivity contribution < 1.29 is 18.4 Å². The fourth-order valence-corrected chi connectivity index (χ4v) is 107. The molecule has 0 amide bonds. The number of ketones is 2. The van der Waals surface area contributed by atoms with Crippen molar-refractivity contribution in [3.63, 3.8) is 0 Å². The van der Waals surface area contributed by atoms with Gasteiger partial charge in [-0.1, -0.05) is 25.7 Å². The number of hydrogen-bond donors (Lipinski definition) is 1. The zero-order chi connectivity index (χ0) is 60.8. The van der Waals surface area contributed by atoms with E-state index in [-0.39, 0.29) is 35.6 Å². The van der Waals surface area contributed by atoms with E-state index in [2.05, 4.69) is 10.2 Å². The summed E-state index contributed by atoms with van der Waals surface area (Å²) in [6.07, 6.45) is 19.9. The first kappa shape index (κ1) is 89.0. The van der Waals surface area contributed by atoms with Crippen LogP contribution in [0.4, 0.5) is 8.78 Å². The van der Waals surface area contributed by atoms with Gasteiger partial charge in [-0.3, -0.25) is 9.59 Å². The zero-order valence-electron chi connectivity index (χ0n) is 43.8. The molecule has 2 saturated carbocycles. The summed E-state index contributed by atoms with van der Waals surface area (Å²) in [5.41, 5.74) is 2.66. The van der Waals surface area contributed by atoms with Gasteiger partial charge in [0.15, 0.2) is 11.6 Å². The van der Waals surface area contributed by atoms with Gasteiger partial charge in [0, 0.05) is 390 Å². The lowest BCUT2D eigenvalue weighted by molar-refractivity contribution is 0.0935. The Hall–Kier alpha value is 6.94. The summed E-state index contributed by atoms with van der Waals surface area (Å²) < 4.78 is 25.3. The first-order valence-corrected chi connectivity index (χ1v) is 76.4. The lowest BCUT2D eigenvalue weighted by atomic mass is 9.77. The number of alkyl halides is 1. The molecule has 2 spiro atoms. The Morgan fingerprint density at radius 3 is 0.930 bits per heavy atom. The Kier molecular flexibility index (Phi) is 66.3. The standard InChI is InChI=1S/C19H26FNO.C10H10ClFO.C9H17N.ClH.S40/c20-17-7-5-16(6-8-17)18(22)4-3-13-21-14-11-19(12-15-21)9-1-2-10-19;11-7-1-2-10(13)8-3-5-9(12)6-4-8;1-2-4-9(3-1)5-7-10-8-6-9;;1-3-5-7-9-11-13-15-17-19-21-23-25-27-29-31-33-35-37-39-40-38-36-34-32-30-28-26-24-22-20-18-16-14-12-10-8-6-4-2/h5-8H,1-4,9-15H2;3-6H,1-2,7H2;10H,1-8H2;1H;. The highest BCUT2D eigenvalue weighted by molar-refractivity contribution is 8.81. The van der Waals surface area contributed by atoms with Crippen molar-refractivity contribution in [2.24, 2.45) is 10.8 Å². The van der Waals surface area contributed by atoms with Crippen LogP contribution in [0.1, 0.15) is 123 Å². The maximum absolute atomic E-state index is 12.9. The molecule has 0 atom stereocenters. The molecule has 2 heterocycles. The number of halogens is 4. The normalized spacial score (nSPS) is 14.2. The van der Waals surface area contributed by atoms with Gasteiger partial charge < -0.3 is 10.2 Å². The van der Waals surface area contributed by atoms with E-state index in [1.54, 1.807) is 119 Å². The monoisotopic (exact) mass is 1960 g/mol. The summed E-state index contributed by atoms with van der Waals surface area (Å²) in [6, 6.07) is 11.4. The fraction of sp³-hybridized carbons (Fsp3) is 0.632. The van der Waals surface area contributed by atoms with Gasteiger partial charge in [-0.2, -0.15) is 0 Å². The van der Waals surface area contributed by atoms with Crippen LogP contribution < -0.4 is 5.32 Å². The minimum Gasteiger partial charge on any atom is -0.317 e. The first-order chi connectivity index (χ1) is 41.7. The molecule has 4 fully saturated rings. The van der Waals surface area contributed by atoms with Gasteiger partial charge in [0.05, 0.1) is 0 Å². The lowest BCUT2D eigenvalue weighted by Crippen LogP contribution is -2.39. The molecule has 2 aromatic rings. The van der Waals surface area contributed by atoms with Crippen LogP contribution >= 0.6 is 24.0 Å². The number of nitrogens with zero attached hydrogens (tertiary/aromatic N) is 1. The molecule has 2 aliphatic heterocycles. The van der Waals surface area contributed by atoms with Crippen molar-refractivity contribution in [1.82, 2.24) is 10.2 Å². The van der Waals surface area contributed by atoms with E-state index in [0.29, 0.717) is 41.7 Å². The van der Waals surface area contributed by atoms with Crippen LogP contribution in [0.5, 0.6) is 0 Å². The Morgan fingerprint density at radius 1 is 0.407 bits per heavy atom. The molecule has 2 aliphatic carbocycles. The maximum Gasteiger partial charge on any atom is 0.162 e. The predicted molar refractivity (Wildman–Crippen MR) is 482 cm³/mol. The largest absolute Gasteiger partial charge is 0.317 e. The third-order valence-electron chi connectivity index (χ3n) is 11.7. The molecule has 0 unspecified atom stereocenters. The number of nitrogens with one attached hydrogen (secondary N) is 1. The second-order valence-electron chi connectivity index (χ2n) is 16.3. The molecule has 1 N–H and O–H groups in total. The molecule has 0 aromatic heterocycles. The van der Waals surface area contributed by atoms with Crippen molar-refractivity contribution in [2.45, 2.75) is 103 Å². The lowest BCUT2D eigenvalue weighted by Gasteiger charge is -2.39. The van der Waals surface area contributed by atoms with E-state index in [0.717, 1.165) is 18.4 Å². The quantitative estimate of drug-likeness (QED) is 0.200. The highest BCUT2D eigenvalue weighted by atomic mass is 35.5. The van der Waals surface area contributed by atoms with Gasteiger partial charge in [0.1, 0.15) is 11.6 Å². The summed E-state index contributed by atoms with van der Waals surface area (Å²) in [4.78, 5) is 25.9. The van der Waals surface area contributed by atoms with E-state index < -0.39 is 0 Å².